The number of nitrogens with zero attached hydrogens (tertiary/aromatic N) is 9. The van der Waals surface area contributed by atoms with E-state index in [0.29, 0.717) is 79.2 Å². The molecule has 146 heavy (non-hydrogen) atoms. The van der Waals surface area contributed by atoms with E-state index in [1.165, 1.54) is 53.7 Å². The van der Waals surface area contributed by atoms with Crippen LogP contribution in [-0.4, -0.2) is 162 Å². The molecule has 5 aliphatic carbocycles. The molecule has 0 radical (unpaired) electrons. The van der Waals surface area contributed by atoms with Gasteiger partial charge in [0, 0.05) is 99.5 Å². The maximum absolute atomic E-state index is 12.8. The molecule has 5 fully saturated rings. The van der Waals surface area contributed by atoms with Crippen molar-refractivity contribution < 1.29 is 57.1 Å². The number of aromatic amines is 5. The molecule has 10 aliphatic rings. The van der Waals surface area contributed by atoms with E-state index >= 15 is 0 Å². The number of rotatable bonds is 20. The quantitative estimate of drug-likeness (QED) is 0.0249. The number of terminal acetylenes is 1. The van der Waals surface area contributed by atoms with Gasteiger partial charge >= 0.3 is 11.8 Å². The zero-order chi connectivity index (χ0) is 103. The zero-order valence-electron chi connectivity index (χ0n) is 86.2. The van der Waals surface area contributed by atoms with E-state index in [0.717, 1.165) is 219 Å². The topological polar surface area (TPSA) is 402 Å². The number of anilines is 5. The summed E-state index contributed by atoms with van der Waals surface area (Å²) in [4.78, 5) is 112. The van der Waals surface area contributed by atoms with Crippen LogP contribution in [0.25, 0.3) is 37.6 Å². The van der Waals surface area contributed by atoms with Crippen molar-refractivity contribution in [3.8, 4) is 12.3 Å². The number of hydrogen-bond acceptors (Lipinski definition) is 21. The van der Waals surface area contributed by atoms with Gasteiger partial charge in [0.15, 0.2) is 34.8 Å². The third-order valence-electron chi connectivity index (χ3n) is 28.9. The summed E-state index contributed by atoms with van der Waals surface area (Å²) >= 11 is 0. The van der Waals surface area contributed by atoms with Crippen molar-refractivity contribution in [3.63, 3.8) is 0 Å². The number of carbonyl (C=O) groups excluding carboxylic acids is 5. The lowest BCUT2D eigenvalue weighted by Crippen LogP contribution is -2.36. The van der Waals surface area contributed by atoms with Crippen LogP contribution in [0, 0.1) is 55.6 Å². The van der Waals surface area contributed by atoms with Crippen LogP contribution in [0.1, 0.15) is 318 Å². The second-order valence-corrected chi connectivity index (χ2v) is 41.7. The molecule has 3 atom stereocenters. The highest BCUT2D eigenvalue weighted by atomic mass is 16.7. The lowest BCUT2D eigenvalue weighted by atomic mass is 9.76. The Morgan fingerprint density at radius 1 is 0.397 bits per heavy atom. The van der Waals surface area contributed by atoms with Gasteiger partial charge in [0.2, 0.25) is 11.6 Å². The fourth-order valence-corrected chi connectivity index (χ4v) is 19.5. The average Bonchev–Trinajstić information content (AvgIpc) is 1.55. The number of benzene rings is 4. The number of carbonyl (C=O) groups is 5. The first-order valence-electron chi connectivity index (χ1n) is 50.6. The lowest BCUT2D eigenvalue weighted by Gasteiger charge is -2.35. The van der Waals surface area contributed by atoms with E-state index in [9.17, 15) is 24.0 Å². The number of amides is 5. The summed E-state index contributed by atoms with van der Waals surface area (Å²) in [6.07, 6.45) is 42.9. The van der Waals surface area contributed by atoms with E-state index in [2.05, 4.69) is 231 Å². The van der Waals surface area contributed by atoms with E-state index in [4.69, 9.17) is 57.7 Å². The summed E-state index contributed by atoms with van der Waals surface area (Å²) in [5, 5.41) is 21.7. The summed E-state index contributed by atoms with van der Waals surface area (Å²) in [6, 6.07) is 27.9. The highest BCUT2D eigenvalue weighted by Crippen LogP contribution is 2.48. The second kappa shape index (κ2) is 45.1. The van der Waals surface area contributed by atoms with Crippen LogP contribution in [0.3, 0.4) is 0 Å². The number of pyridine rings is 1. The molecule has 5 aliphatic heterocycles. The molecule has 0 bridgehead atoms. The monoisotopic (exact) mass is 1980 g/mol. The van der Waals surface area contributed by atoms with Crippen LogP contribution in [0.4, 0.5) is 40.1 Å². The molecular weight excluding hydrogens is 1840 g/mol. The predicted molar refractivity (Wildman–Crippen MR) is 564 cm³/mol. The maximum Gasteiger partial charge on any atom is 0.314 e. The Morgan fingerprint density at radius 3 is 1.16 bits per heavy atom. The molecule has 0 saturated carbocycles. The van der Waals surface area contributed by atoms with Crippen molar-refractivity contribution in [1.29, 1.82) is 0 Å². The van der Waals surface area contributed by atoms with Gasteiger partial charge in [0.05, 0.1) is 81.9 Å². The molecule has 33 nitrogen and oxygen atoms in total. The number of ether oxygens (including phenoxy) is 7. The van der Waals surface area contributed by atoms with Crippen molar-refractivity contribution in [2.24, 2.45) is 16.2 Å². The highest BCUT2D eigenvalue weighted by Gasteiger charge is 2.42. The number of imidazole rings is 5. The minimum Gasteiger partial charge on any atom is -0.363 e. The zero-order valence-corrected chi connectivity index (χ0v) is 86.2. The molecule has 12 N–H and O–H groups in total. The van der Waals surface area contributed by atoms with Crippen LogP contribution < -0.4 is 37.2 Å². The first-order valence-corrected chi connectivity index (χ1v) is 50.6. The van der Waals surface area contributed by atoms with Crippen LogP contribution >= 0.6 is 0 Å². The molecule has 6 aromatic heterocycles. The molecule has 764 valence electrons. The van der Waals surface area contributed by atoms with Gasteiger partial charge in [0.25, 0.3) is 29.4 Å². The summed E-state index contributed by atoms with van der Waals surface area (Å²) in [6.45, 7) is 48.6. The maximum atomic E-state index is 12.8. The van der Waals surface area contributed by atoms with Gasteiger partial charge in [-0.15, -0.1) is 6.42 Å². The number of likely N-dealkylation sites (N-methyl/N-ethyl adjacent to an activating group) is 1. The lowest BCUT2D eigenvalue weighted by molar-refractivity contribution is -0.264. The summed E-state index contributed by atoms with van der Waals surface area (Å²) in [7, 11) is 2.09. The normalized spacial score (nSPS) is 21.5. The van der Waals surface area contributed by atoms with Gasteiger partial charge in [-0.3, -0.25) is 49.5 Å². The molecular formula is C113H135N21O12. The summed E-state index contributed by atoms with van der Waals surface area (Å²) in [5.41, 5.74) is 21.0. The minimum atomic E-state index is -0.781. The molecule has 5 amide bonds. The van der Waals surface area contributed by atoms with Gasteiger partial charge in [0.1, 0.15) is 17.1 Å². The van der Waals surface area contributed by atoms with Gasteiger partial charge < -0.3 is 84.4 Å². The Kier molecular flexibility index (Phi) is 32.5. The van der Waals surface area contributed by atoms with Crippen molar-refractivity contribution in [2.75, 3.05) is 99.5 Å². The summed E-state index contributed by atoms with van der Waals surface area (Å²) in [5.74, 6) is 0.858. The largest absolute Gasteiger partial charge is 0.363 e. The van der Waals surface area contributed by atoms with E-state index in [-0.39, 0.29) is 58.2 Å². The number of nitrogens with one attached hydrogen (secondary N) is 12. The molecule has 4 aromatic carbocycles. The smallest absolute Gasteiger partial charge is 0.314 e. The fourth-order valence-electron chi connectivity index (χ4n) is 19.5. The van der Waals surface area contributed by atoms with Gasteiger partial charge in [-0.2, -0.15) is 0 Å². The van der Waals surface area contributed by atoms with Gasteiger partial charge in [-0.25, -0.2) is 29.9 Å². The van der Waals surface area contributed by atoms with Crippen molar-refractivity contribution >= 4 is 97.5 Å². The average molecular weight is 1980 g/mol. The molecule has 3 unspecified atom stereocenters. The number of aromatic nitrogens is 11. The number of allylic oxidation sites excluding steroid dienone is 10. The Hall–Kier alpha value is -13.7. The van der Waals surface area contributed by atoms with Crippen molar-refractivity contribution in [1.82, 2.24) is 70.4 Å². The third kappa shape index (κ3) is 25.1. The molecule has 0 spiro atoms. The van der Waals surface area contributed by atoms with Gasteiger partial charge in [-0.1, -0.05) is 115 Å². The number of hydrogen-bond donors (Lipinski definition) is 12. The molecule has 20 rings (SSSR count). The molecule has 11 heterocycles. The molecule has 33 heteroatoms. The summed E-state index contributed by atoms with van der Waals surface area (Å²) < 4.78 is 41.4. The minimum absolute atomic E-state index is 0.0996. The Balaban J connectivity index is 0.000000131. The molecule has 5 saturated heterocycles. The Morgan fingerprint density at radius 2 is 0.781 bits per heavy atom. The van der Waals surface area contributed by atoms with Crippen LogP contribution in [0.5, 0.6) is 0 Å². The Labute approximate surface area is 853 Å². The standard InChI is InChI=1S/C24H32N4O2.C23H30N4O2.C22H26N6O2.C22H24N4O3.C22H23N3O3/c1-16-15-25-21(26-16)22(29)27-20-7-6-18(24(4)28(5)12-13-30-24)14-19(20)17-8-10-23(2,3)11-9-17;1-15-14-24-20(26-15)21(28)27-19-6-5-17(23(4)25-11-12-29-23)13-18(19)16-7-9-22(2,3)10-8-16;1-21(2)9-7-14(8-10-21)18-15(26-20(29)19-24-13-17(23-4)28-19)5-6-16(27-18)22(3)25-11-12-30-22;1-22(28-11-6-12-29-22)16-9-10-18(17(13-16)15-7-4-3-5-8-15)25-21(27)20-24-14-19(23-2)26-20;1-3-17-14-23-20(24-17)21(26)25-19-10-9-16(22(2)27-11-12-28-22)13-18(19)15-7-5-4-6-8-15/h6-8,14-15H,9-13H2,1-5H3,(H,25,26)(H,27,29);5-7,13-14,25H,8-12H2,1-4H3,(H,24,26)(H,27,28);5-7,13,25H,8-12H2,1-3H3,(H,24,28)(H,26,29);7,9-10,13-14H,3-6,8,11-12H2,1H3,(H,24,26)(H,25,27);1,7,9-10,13-14H,4-6,8,11-12H2,2H3,(H,23,24)(H,25,26). The number of H-pyrrole nitrogens is 5. The van der Waals surface area contributed by atoms with Crippen LogP contribution in [0.15, 0.2) is 146 Å². The predicted octanol–water partition coefficient (Wildman–Crippen LogP) is 21.6. The van der Waals surface area contributed by atoms with Crippen molar-refractivity contribution in [3.05, 3.63) is 271 Å². The fraction of sp³-hybridized carbons (Fsp3) is 0.442. The van der Waals surface area contributed by atoms with E-state index < -0.39 is 34.7 Å². The van der Waals surface area contributed by atoms with Crippen molar-refractivity contribution in [2.45, 2.75) is 234 Å². The molecule has 10 aromatic rings. The first-order chi connectivity index (χ1) is 69.9. The second-order valence-electron chi connectivity index (χ2n) is 41.7. The third-order valence-corrected chi connectivity index (χ3v) is 28.9. The number of aryl methyl sites for hydroxylation is 2. The van der Waals surface area contributed by atoms with Crippen LogP contribution in [-0.2, 0) is 61.9 Å². The van der Waals surface area contributed by atoms with Crippen LogP contribution in [0.2, 0.25) is 0 Å². The first kappa shape index (κ1) is 105. The van der Waals surface area contributed by atoms with E-state index in [1.54, 1.807) is 12.4 Å². The Bertz CT molecular complexity index is 6780. The van der Waals surface area contributed by atoms with Gasteiger partial charge in [-0.05, 0) is 287 Å². The highest BCUT2D eigenvalue weighted by molar-refractivity contribution is 6.07. The van der Waals surface area contributed by atoms with E-state index in [1.807, 2.05) is 89.2 Å². The SMILES string of the molecule is C#Cc1cnc(C(=O)Nc2ccc(C3(C)OCCO3)cc2C2=CCCCC2)[nH]1.Cc1cnc(C(=O)Nc2ccc(C3(C)NCCO3)cc2C2=CCC(C)(C)CC2)[nH]1.Cc1cnc(C(=O)Nc2ccc(C3(C)OCCN3C)cc2C2=CCC(C)(C)CC2)[nH]1.[C-]#[N+]c1cnc(C(=O)Nc2ccc(C3(C)NCCO3)nc2C2=CCC(C)(C)CC2)[nH]1.[C-]#[N+]c1cnc(C(=O)Nc2ccc(C3(C)OCCCO3)cc2C2=CCCCC2)[nH]1.